The van der Waals surface area contributed by atoms with Crippen LogP contribution < -0.4 is 19.1 Å². The molecule has 43 heavy (non-hydrogen) atoms. The number of nitrogens with zero attached hydrogens (tertiary/aromatic N) is 2. The van der Waals surface area contributed by atoms with Gasteiger partial charge in [0.05, 0.1) is 34.8 Å². The average molecular weight is 671 g/mol. The van der Waals surface area contributed by atoms with Crippen LogP contribution in [0.5, 0.6) is 11.5 Å². The van der Waals surface area contributed by atoms with Gasteiger partial charge in [-0.2, -0.15) is 0 Å². The van der Waals surface area contributed by atoms with Crippen molar-refractivity contribution < 1.29 is 27.5 Å². The lowest BCUT2D eigenvalue weighted by Gasteiger charge is -2.33. The molecular formula is C30H34Cl3N3O6S. The SMILES string of the molecule is COc1ccc(S(=O)(=O)N(CC(=O)N(Cc2ccc(Cl)c(Cl)c2)[C@@H](C)C(=O)NC(C)(C)C)c2ccc(Cl)cc2)cc1OC. The molecule has 0 saturated heterocycles. The number of rotatable bonds is 11. The van der Waals surface area contributed by atoms with Crippen molar-refractivity contribution in [3.05, 3.63) is 81.3 Å². The molecule has 3 aromatic carbocycles. The summed E-state index contributed by atoms with van der Waals surface area (Å²) in [6.07, 6.45) is 0. The lowest BCUT2D eigenvalue weighted by atomic mass is 10.1. The van der Waals surface area contributed by atoms with Gasteiger partial charge in [-0.15, -0.1) is 0 Å². The minimum absolute atomic E-state index is 0.0423. The zero-order valence-electron chi connectivity index (χ0n) is 24.7. The van der Waals surface area contributed by atoms with Gasteiger partial charge < -0.3 is 19.7 Å². The third kappa shape index (κ3) is 8.69. The first-order valence-electron chi connectivity index (χ1n) is 13.1. The first-order valence-corrected chi connectivity index (χ1v) is 15.7. The van der Waals surface area contributed by atoms with Crippen LogP contribution in [-0.2, 0) is 26.2 Å². The molecular weight excluding hydrogens is 637 g/mol. The van der Waals surface area contributed by atoms with E-state index in [1.807, 2.05) is 20.8 Å². The lowest BCUT2D eigenvalue weighted by molar-refractivity contribution is -0.140. The summed E-state index contributed by atoms with van der Waals surface area (Å²) in [5.74, 6) is -0.523. The van der Waals surface area contributed by atoms with Gasteiger partial charge in [-0.1, -0.05) is 40.9 Å². The zero-order valence-corrected chi connectivity index (χ0v) is 27.7. The topological polar surface area (TPSA) is 105 Å². The highest BCUT2D eigenvalue weighted by Crippen LogP contribution is 2.33. The lowest BCUT2D eigenvalue weighted by Crippen LogP contribution is -2.54. The summed E-state index contributed by atoms with van der Waals surface area (Å²) in [6, 6.07) is 14.0. The maximum absolute atomic E-state index is 14.1. The van der Waals surface area contributed by atoms with Gasteiger partial charge in [-0.25, -0.2) is 8.42 Å². The van der Waals surface area contributed by atoms with Crippen LogP contribution in [0.4, 0.5) is 5.69 Å². The van der Waals surface area contributed by atoms with Crippen molar-refractivity contribution in [2.24, 2.45) is 0 Å². The number of halogens is 3. The van der Waals surface area contributed by atoms with Gasteiger partial charge in [0.1, 0.15) is 12.6 Å². The molecule has 0 saturated carbocycles. The molecule has 3 aromatic rings. The van der Waals surface area contributed by atoms with E-state index in [1.54, 1.807) is 25.1 Å². The Hall–Kier alpha value is -3.18. The summed E-state index contributed by atoms with van der Waals surface area (Å²) in [7, 11) is -1.52. The fourth-order valence-corrected chi connectivity index (χ4v) is 6.01. The van der Waals surface area contributed by atoms with Crippen LogP contribution >= 0.6 is 34.8 Å². The minimum Gasteiger partial charge on any atom is -0.493 e. The highest BCUT2D eigenvalue weighted by molar-refractivity contribution is 7.92. The van der Waals surface area contributed by atoms with E-state index in [0.29, 0.717) is 21.4 Å². The molecule has 3 rings (SSSR count). The van der Waals surface area contributed by atoms with Crippen molar-refractivity contribution in [2.75, 3.05) is 25.1 Å². The van der Waals surface area contributed by atoms with E-state index in [1.165, 1.54) is 61.6 Å². The number of hydrogen-bond acceptors (Lipinski definition) is 6. The van der Waals surface area contributed by atoms with Crippen LogP contribution in [0.3, 0.4) is 0 Å². The fraction of sp³-hybridized carbons (Fsp3) is 0.333. The second-order valence-corrected chi connectivity index (χ2v) is 13.8. The molecule has 0 aromatic heterocycles. The maximum atomic E-state index is 14.1. The molecule has 0 radical (unpaired) electrons. The van der Waals surface area contributed by atoms with Crippen molar-refractivity contribution in [1.29, 1.82) is 0 Å². The molecule has 0 unspecified atom stereocenters. The van der Waals surface area contributed by atoms with Crippen molar-refractivity contribution in [2.45, 2.75) is 50.7 Å². The molecule has 0 aliphatic carbocycles. The molecule has 0 aliphatic rings. The number of hydrogen-bond donors (Lipinski definition) is 1. The predicted octanol–water partition coefficient (Wildman–Crippen LogP) is 6.19. The van der Waals surface area contributed by atoms with Crippen LogP contribution in [0.1, 0.15) is 33.3 Å². The van der Waals surface area contributed by atoms with Gasteiger partial charge in [0.2, 0.25) is 11.8 Å². The number of methoxy groups -OCH3 is 2. The standard InChI is InChI=1S/C30H34Cl3N3O6S/c1-19(29(38)34-30(2,3)4)35(17-20-7-13-24(32)25(33)15-20)28(37)18-36(22-10-8-21(31)9-11-22)43(39,40)23-12-14-26(41-5)27(16-23)42-6/h7-16,19H,17-18H2,1-6H3,(H,34,38)/t19-/m0/s1. The van der Waals surface area contributed by atoms with Gasteiger partial charge in [-0.3, -0.25) is 13.9 Å². The maximum Gasteiger partial charge on any atom is 0.264 e. The van der Waals surface area contributed by atoms with Crippen LogP contribution in [0.15, 0.2) is 65.6 Å². The monoisotopic (exact) mass is 669 g/mol. The first-order chi connectivity index (χ1) is 20.1. The van der Waals surface area contributed by atoms with Gasteiger partial charge in [-0.05, 0) is 81.8 Å². The summed E-state index contributed by atoms with van der Waals surface area (Å²) in [6.45, 7) is 6.36. The molecule has 232 valence electrons. The Kier molecular flexibility index (Phi) is 11.2. The molecule has 0 bridgehead atoms. The quantitative estimate of drug-likeness (QED) is 0.261. The molecule has 2 amide bonds. The van der Waals surface area contributed by atoms with Crippen LogP contribution in [0.2, 0.25) is 15.1 Å². The van der Waals surface area contributed by atoms with E-state index in [2.05, 4.69) is 5.32 Å². The van der Waals surface area contributed by atoms with E-state index in [0.717, 1.165) is 4.31 Å². The number of carbonyl (C=O) groups excluding carboxylic acids is 2. The summed E-state index contributed by atoms with van der Waals surface area (Å²) >= 11 is 18.4. The van der Waals surface area contributed by atoms with E-state index in [9.17, 15) is 18.0 Å². The molecule has 0 fully saturated rings. The van der Waals surface area contributed by atoms with E-state index < -0.39 is 40.0 Å². The fourth-order valence-electron chi connectivity index (χ4n) is 4.13. The Bertz CT molecular complexity index is 1580. The number of sulfonamides is 1. The Morgan fingerprint density at radius 2 is 1.51 bits per heavy atom. The minimum atomic E-state index is -4.34. The van der Waals surface area contributed by atoms with Gasteiger partial charge in [0.15, 0.2) is 11.5 Å². The average Bonchev–Trinajstić information content (AvgIpc) is 2.95. The Morgan fingerprint density at radius 1 is 0.884 bits per heavy atom. The van der Waals surface area contributed by atoms with E-state index >= 15 is 0 Å². The third-order valence-electron chi connectivity index (χ3n) is 6.34. The van der Waals surface area contributed by atoms with Crippen molar-refractivity contribution >= 4 is 62.3 Å². The molecule has 0 heterocycles. The van der Waals surface area contributed by atoms with Crippen LogP contribution in [-0.4, -0.2) is 57.5 Å². The molecule has 0 aliphatic heterocycles. The van der Waals surface area contributed by atoms with Crippen LogP contribution in [0, 0.1) is 0 Å². The Balaban J connectivity index is 2.09. The Labute approximate surface area is 267 Å². The second kappa shape index (κ2) is 14.1. The predicted molar refractivity (Wildman–Crippen MR) is 170 cm³/mol. The van der Waals surface area contributed by atoms with Gasteiger partial charge in [0.25, 0.3) is 10.0 Å². The molecule has 0 spiro atoms. The largest absolute Gasteiger partial charge is 0.493 e. The second-order valence-electron chi connectivity index (χ2n) is 10.7. The highest BCUT2D eigenvalue weighted by Gasteiger charge is 2.34. The smallest absolute Gasteiger partial charge is 0.264 e. The molecule has 13 heteroatoms. The number of amides is 2. The number of benzene rings is 3. The Morgan fingerprint density at radius 3 is 2.07 bits per heavy atom. The number of ether oxygens (including phenoxy) is 2. The summed E-state index contributed by atoms with van der Waals surface area (Å²) in [5.41, 5.74) is 0.211. The van der Waals surface area contributed by atoms with Crippen LogP contribution in [0.25, 0.3) is 0 Å². The van der Waals surface area contributed by atoms with Gasteiger partial charge >= 0.3 is 0 Å². The molecule has 1 atom stereocenters. The van der Waals surface area contributed by atoms with E-state index in [4.69, 9.17) is 44.3 Å². The summed E-state index contributed by atoms with van der Waals surface area (Å²) in [4.78, 5) is 28.5. The zero-order chi connectivity index (χ0) is 32.1. The summed E-state index contributed by atoms with van der Waals surface area (Å²) in [5, 5.41) is 3.87. The normalized spacial score (nSPS) is 12.3. The third-order valence-corrected chi connectivity index (χ3v) is 9.10. The highest BCUT2D eigenvalue weighted by atomic mass is 35.5. The van der Waals surface area contributed by atoms with Crippen molar-refractivity contribution in [3.8, 4) is 11.5 Å². The van der Waals surface area contributed by atoms with Crippen molar-refractivity contribution in [3.63, 3.8) is 0 Å². The molecule has 9 nitrogen and oxygen atoms in total. The number of carbonyl (C=O) groups is 2. The number of nitrogens with one attached hydrogen (secondary N) is 1. The summed E-state index contributed by atoms with van der Waals surface area (Å²) < 4.78 is 39.7. The first kappa shape index (κ1) is 34.3. The number of anilines is 1. The van der Waals surface area contributed by atoms with Gasteiger partial charge in [0, 0.05) is 23.2 Å². The van der Waals surface area contributed by atoms with E-state index in [-0.39, 0.29) is 27.9 Å². The molecule has 1 N–H and O–H groups in total. The van der Waals surface area contributed by atoms with Crippen molar-refractivity contribution in [1.82, 2.24) is 10.2 Å².